The van der Waals surface area contributed by atoms with Gasteiger partial charge < -0.3 is 5.73 Å². The Morgan fingerprint density at radius 3 is 2.58 bits per heavy atom. The molecule has 1 heterocycles. The molecule has 5 heteroatoms. The molecule has 3 aromatic carbocycles. The number of rotatable bonds is 4. The maximum absolute atomic E-state index is 10.9. The van der Waals surface area contributed by atoms with E-state index in [1.807, 2.05) is 12.1 Å². The minimum Gasteiger partial charge on any atom is -0.350 e. The van der Waals surface area contributed by atoms with Gasteiger partial charge in [-0.3, -0.25) is 5.21 Å². The largest absolute Gasteiger partial charge is 0.350 e. The lowest BCUT2D eigenvalue weighted by atomic mass is 10.0. The molecule has 2 amide bonds. The topological polar surface area (TPSA) is 66.6 Å². The molecule has 0 fully saturated rings. The summed E-state index contributed by atoms with van der Waals surface area (Å²) in [7, 11) is 0. The van der Waals surface area contributed by atoms with Gasteiger partial charge in [0, 0.05) is 20.2 Å². The normalized spacial score (nSPS) is 11.1. The number of nitrogens with zero attached hydrogens (tertiary/aromatic N) is 1. The van der Waals surface area contributed by atoms with Crippen LogP contribution in [-0.2, 0) is 6.42 Å². The minimum absolute atomic E-state index is 0.182. The highest BCUT2D eigenvalue weighted by atomic mass is 32.1. The third-order valence-electron chi connectivity index (χ3n) is 4.51. The highest BCUT2D eigenvalue weighted by molar-refractivity contribution is 7.26. The van der Waals surface area contributed by atoms with Crippen molar-refractivity contribution in [1.29, 1.82) is 0 Å². The number of hydrogen-bond donors (Lipinski definition) is 2. The van der Waals surface area contributed by atoms with Crippen LogP contribution in [0.1, 0.15) is 5.56 Å². The summed E-state index contributed by atoms with van der Waals surface area (Å²) >= 11 is 1.77. The number of hydrogen-bond acceptors (Lipinski definition) is 3. The van der Waals surface area contributed by atoms with Crippen LogP contribution in [0.15, 0.2) is 66.7 Å². The zero-order chi connectivity index (χ0) is 18.1. The Morgan fingerprint density at radius 1 is 1.00 bits per heavy atom. The first kappa shape index (κ1) is 16.6. The van der Waals surface area contributed by atoms with Crippen LogP contribution in [0.3, 0.4) is 0 Å². The van der Waals surface area contributed by atoms with Crippen LogP contribution in [-0.4, -0.2) is 22.8 Å². The second-order valence-electron chi connectivity index (χ2n) is 6.19. The average molecular weight is 362 g/mol. The minimum atomic E-state index is -0.833. The highest BCUT2D eigenvalue weighted by Crippen LogP contribution is 2.40. The lowest BCUT2D eigenvalue weighted by molar-refractivity contribution is -0.0382. The number of carbonyl (C=O) groups is 1. The summed E-state index contributed by atoms with van der Waals surface area (Å²) in [5.41, 5.74) is 8.56. The first-order valence-electron chi connectivity index (χ1n) is 8.39. The molecule has 0 bridgehead atoms. The van der Waals surface area contributed by atoms with Gasteiger partial charge in [0.25, 0.3) is 0 Å². The van der Waals surface area contributed by atoms with Crippen molar-refractivity contribution in [1.82, 2.24) is 5.06 Å². The van der Waals surface area contributed by atoms with Crippen LogP contribution in [0.25, 0.3) is 31.3 Å². The maximum atomic E-state index is 10.9. The van der Waals surface area contributed by atoms with Gasteiger partial charge in [-0.2, -0.15) is 0 Å². The van der Waals surface area contributed by atoms with Crippen molar-refractivity contribution in [3.8, 4) is 11.1 Å². The van der Waals surface area contributed by atoms with Crippen LogP contribution in [0.5, 0.6) is 0 Å². The summed E-state index contributed by atoms with van der Waals surface area (Å²) in [5.74, 6) is 0. The van der Waals surface area contributed by atoms with Crippen molar-refractivity contribution in [2.45, 2.75) is 6.42 Å². The Kier molecular flexibility index (Phi) is 4.32. The van der Waals surface area contributed by atoms with Gasteiger partial charge in [0.15, 0.2) is 0 Å². The van der Waals surface area contributed by atoms with Gasteiger partial charge in [-0.25, -0.2) is 9.86 Å². The summed E-state index contributed by atoms with van der Waals surface area (Å²) in [6.07, 6.45) is 0.551. The number of amides is 2. The standard InChI is InChI=1S/C21H18N2O2S/c22-21(24)23(25)12-11-14-9-10-17-18-8-4-7-16(15-5-2-1-3-6-15)20(18)26-19(17)13-14/h1-10,13,25H,11-12H2,(H2,22,24). The van der Waals surface area contributed by atoms with E-state index in [1.54, 1.807) is 11.3 Å². The smallest absolute Gasteiger partial charge is 0.338 e. The number of fused-ring (bicyclic) bond motifs is 3. The molecule has 1 aromatic heterocycles. The lowest BCUT2D eigenvalue weighted by Crippen LogP contribution is -2.34. The fourth-order valence-corrected chi connectivity index (χ4v) is 4.49. The fourth-order valence-electron chi connectivity index (χ4n) is 3.19. The maximum Gasteiger partial charge on any atom is 0.338 e. The zero-order valence-electron chi connectivity index (χ0n) is 14.1. The van der Waals surface area contributed by atoms with E-state index in [1.165, 1.54) is 31.3 Å². The van der Waals surface area contributed by atoms with Crippen molar-refractivity contribution < 1.29 is 10.0 Å². The second kappa shape index (κ2) is 6.78. The van der Waals surface area contributed by atoms with Gasteiger partial charge in [-0.15, -0.1) is 11.3 Å². The van der Waals surface area contributed by atoms with E-state index in [4.69, 9.17) is 5.73 Å². The molecule has 3 N–H and O–H groups in total. The Morgan fingerprint density at radius 2 is 1.81 bits per heavy atom. The van der Waals surface area contributed by atoms with E-state index < -0.39 is 6.03 Å². The summed E-state index contributed by atoms with van der Waals surface area (Å²) in [6, 6.07) is 22.3. The van der Waals surface area contributed by atoms with Crippen LogP contribution < -0.4 is 5.73 Å². The predicted octanol–water partition coefficient (Wildman–Crippen LogP) is 5.03. The van der Waals surface area contributed by atoms with Crippen molar-refractivity contribution in [2.24, 2.45) is 5.73 Å². The van der Waals surface area contributed by atoms with Crippen molar-refractivity contribution in [2.75, 3.05) is 6.54 Å². The van der Waals surface area contributed by atoms with Gasteiger partial charge in [0.2, 0.25) is 0 Å². The first-order valence-corrected chi connectivity index (χ1v) is 9.20. The van der Waals surface area contributed by atoms with E-state index in [0.717, 1.165) is 5.56 Å². The molecule has 0 aliphatic heterocycles. The number of primary amides is 1. The Labute approximate surface area is 155 Å². The molecule has 4 nitrogen and oxygen atoms in total. The predicted molar refractivity (Wildman–Crippen MR) is 107 cm³/mol. The third kappa shape index (κ3) is 3.03. The number of urea groups is 1. The van der Waals surface area contributed by atoms with Crippen molar-refractivity contribution in [3.63, 3.8) is 0 Å². The number of nitrogens with two attached hydrogens (primary N) is 1. The number of benzene rings is 3. The number of hydroxylamine groups is 2. The van der Waals surface area contributed by atoms with E-state index in [2.05, 4.69) is 54.6 Å². The summed E-state index contributed by atoms with van der Waals surface area (Å²) in [4.78, 5) is 10.9. The van der Waals surface area contributed by atoms with E-state index >= 15 is 0 Å². The van der Waals surface area contributed by atoms with Crippen molar-refractivity contribution >= 4 is 37.5 Å². The van der Waals surface area contributed by atoms with Gasteiger partial charge in [-0.05, 0) is 29.2 Å². The molecule has 26 heavy (non-hydrogen) atoms. The molecule has 0 aliphatic carbocycles. The number of carbonyl (C=O) groups excluding carboxylic acids is 1. The SMILES string of the molecule is NC(=O)N(O)CCc1ccc2c(c1)sc1c(-c3ccccc3)cccc12. The molecule has 130 valence electrons. The van der Waals surface area contributed by atoms with Gasteiger partial charge in [-0.1, -0.05) is 60.7 Å². The molecular weight excluding hydrogens is 344 g/mol. The first-order chi connectivity index (χ1) is 12.6. The quantitative estimate of drug-likeness (QED) is 0.395. The molecule has 4 aromatic rings. The molecule has 0 unspecified atom stereocenters. The second-order valence-corrected chi connectivity index (χ2v) is 7.24. The Bertz CT molecular complexity index is 1090. The zero-order valence-corrected chi connectivity index (χ0v) is 14.9. The molecule has 0 saturated carbocycles. The lowest BCUT2D eigenvalue weighted by Gasteiger charge is -2.11. The van der Waals surface area contributed by atoms with Crippen LogP contribution in [0.4, 0.5) is 4.79 Å². The van der Waals surface area contributed by atoms with Crippen LogP contribution >= 0.6 is 11.3 Å². The van der Waals surface area contributed by atoms with Gasteiger partial charge >= 0.3 is 6.03 Å². The summed E-state index contributed by atoms with van der Waals surface area (Å²) in [5, 5.41) is 12.5. The van der Waals surface area contributed by atoms with Crippen molar-refractivity contribution in [3.05, 3.63) is 72.3 Å². The monoisotopic (exact) mass is 362 g/mol. The summed E-state index contributed by atoms with van der Waals surface area (Å²) in [6.45, 7) is 0.182. The van der Waals surface area contributed by atoms with E-state index in [0.29, 0.717) is 11.5 Å². The highest BCUT2D eigenvalue weighted by Gasteiger charge is 2.11. The van der Waals surface area contributed by atoms with E-state index in [9.17, 15) is 10.0 Å². The molecular formula is C21H18N2O2S. The van der Waals surface area contributed by atoms with Crippen LogP contribution in [0.2, 0.25) is 0 Å². The Hall–Kier alpha value is -2.89. The average Bonchev–Trinajstić information content (AvgIpc) is 3.04. The molecule has 0 atom stereocenters. The summed E-state index contributed by atoms with van der Waals surface area (Å²) < 4.78 is 2.47. The molecule has 0 saturated heterocycles. The molecule has 0 aliphatic rings. The van der Waals surface area contributed by atoms with Gasteiger partial charge in [0.05, 0.1) is 6.54 Å². The van der Waals surface area contributed by atoms with E-state index in [-0.39, 0.29) is 6.54 Å². The molecule has 4 rings (SSSR count). The Balaban J connectivity index is 1.75. The molecule has 0 spiro atoms. The van der Waals surface area contributed by atoms with Gasteiger partial charge in [0.1, 0.15) is 0 Å². The van der Waals surface area contributed by atoms with Crippen LogP contribution in [0, 0.1) is 0 Å². The fraction of sp³-hybridized carbons (Fsp3) is 0.0952. The third-order valence-corrected chi connectivity index (χ3v) is 5.72. The number of thiophene rings is 1. The molecule has 0 radical (unpaired) electrons.